The number of thiophene rings is 1. The monoisotopic (exact) mass is 378 g/mol. The van der Waals surface area contributed by atoms with Crippen molar-refractivity contribution in [3.63, 3.8) is 0 Å². The van der Waals surface area contributed by atoms with Gasteiger partial charge in [-0.05, 0) is 36.6 Å². The van der Waals surface area contributed by atoms with Gasteiger partial charge < -0.3 is 10.2 Å². The number of amidine groups is 1. The van der Waals surface area contributed by atoms with Gasteiger partial charge in [0.05, 0.1) is 25.1 Å². The average Bonchev–Trinajstić information content (AvgIpc) is 3.24. The maximum absolute atomic E-state index is 13.0. The summed E-state index contributed by atoms with van der Waals surface area (Å²) in [6.07, 6.45) is 3.34. The van der Waals surface area contributed by atoms with E-state index in [1.54, 1.807) is 48.9 Å². The number of sulfone groups is 1. The van der Waals surface area contributed by atoms with Crippen LogP contribution < -0.4 is 5.73 Å². The Labute approximate surface area is 147 Å². The first-order valence-electron chi connectivity index (χ1n) is 6.84. The van der Waals surface area contributed by atoms with Gasteiger partial charge in [0.2, 0.25) is 9.84 Å². The predicted octanol–water partition coefficient (Wildman–Crippen LogP) is 3.85. The molecule has 0 radical (unpaired) electrons. The highest BCUT2D eigenvalue weighted by Crippen LogP contribution is 2.37. The molecule has 0 saturated carbocycles. The van der Waals surface area contributed by atoms with Crippen LogP contribution >= 0.6 is 23.1 Å². The van der Waals surface area contributed by atoms with E-state index in [9.17, 15) is 8.42 Å². The summed E-state index contributed by atoms with van der Waals surface area (Å²) >= 11 is 2.53. The second-order valence-corrected chi connectivity index (χ2v) is 8.93. The quantitative estimate of drug-likeness (QED) is 0.399. The lowest BCUT2D eigenvalue weighted by atomic mass is 10.2. The molecule has 24 heavy (non-hydrogen) atoms. The maximum atomic E-state index is 13.0. The van der Waals surface area contributed by atoms with Crippen molar-refractivity contribution in [1.82, 2.24) is 0 Å². The smallest absolute Gasteiger partial charge is 0.208 e. The molecule has 2 aromatic heterocycles. The third-order valence-corrected chi connectivity index (χ3v) is 7.69. The minimum atomic E-state index is -3.71. The molecule has 0 amide bonds. The fraction of sp³-hybridized carbons (Fsp3) is 0.0625. The Morgan fingerprint density at radius 3 is 2.67 bits per heavy atom. The number of hydrogen-bond acceptors (Lipinski definition) is 6. The van der Waals surface area contributed by atoms with Crippen LogP contribution in [0.2, 0.25) is 0 Å². The number of nitrogens with one attached hydrogen (secondary N) is 1. The van der Waals surface area contributed by atoms with E-state index in [4.69, 9.17) is 15.6 Å². The van der Waals surface area contributed by atoms with E-state index < -0.39 is 9.84 Å². The van der Waals surface area contributed by atoms with Crippen LogP contribution in [-0.2, 0) is 9.84 Å². The number of nitrogens with two attached hydrogens (primary N) is 1. The lowest BCUT2D eigenvalue weighted by Gasteiger charge is -2.06. The predicted molar refractivity (Wildman–Crippen MR) is 96.7 cm³/mol. The van der Waals surface area contributed by atoms with Crippen LogP contribution in [0.15, 0.2) is 67.1 Å². The zero-order valence-corrected chi connectivity index (χ0v) is 15.1. The van der Waals surface area contributed by atoms with Gasteiger partial charge in [-0.25, -0.2) is 8.42 Å². The average molecular weight is 379 g/mol. The number of benzene rings is 1. The third kappa shape index (κ3) is 3.00. The van der Waals surface area contributed by atoms with E-state index in [2.05, 4.69) is 0 Å². The molecular weight excluding hydrogens is 364 g/mol. The molecular formula is C16H14N2O3S3. The molecule has 0 bridgehead atoms. The molecule has 0 aliphatic rings. The van der Waals surface area contributed by atoms with Gasteiger partial charge in [-0.2, -0.15) is 0 Å². The van der Waals surface area contributed by atoms with Gasteiger partial charge in [0.15, 0.2) is 0 Å². The standard InChI is InChI=1S/C16H14N2O3S3/c1-22-16-14(9-13(23-16)15(17)18)24(19,20)11-5-2-4-10(8-11)12-6-3-7-21-12/h2-9H,1H3,(H3,17,18). The zero-order chi connectivity index (χ0) is 17.3. The summed E-state index contributed by atoms with van der Waals surface area (Å²) in [6, 6.07) is 11.6. The van der Waals surface area contributed by atoms with Crippen LogP contribution in [0.1, 0.15) is 4.88 Å². The normalized spacial score (nSPS) is 11.5. The van der Waals surface area contributed by atoms with E-state index in [1.165, 1.54) is 29.2 Å². The number of hydrogen-bond donors (Lipinski definition) is 2. The van der Waals surface area contributed by atoms with Crippen LogP contribution in [-0.4, -0.2) is 20.5 Å². The van der Waals surface area contributed by atoms with Crippen LogP contribution in [0.5, 0.6) is 0 Å². The number of rotatable bonds is 5. The topological polar surface area (TPSA) is 97.1 Å². The second-order valence-electron chi connectivity index (χ2n) is 4.89. The minimum Gasteiger partial charge on any atom is -0.464 e. The molecule has 0 fully saturated rings. The van der Waals surface area contributed by atoms with Gasteiger partial charge >= 0.3 is 0 Å². The van der Waals surface area contributed by atoms with Gasteiger partial charge in [-0.15, -0.1) is 23.1 Å². The van der Waals surface area contributed by atoms with Crippen molar-refractivity contribution in [2.75, 3.05) is 6.26 Å². The fourth-order valence-corrected chi connectivity index (χ4v) is 6.11. The SMILES string of the molecule is CSc1sc(C(=N)N)cc1S(=O)(=O)c1cccc(-c2ccco2)c1. The molecule has 0 aliphatic carbocycles. The fourth-order valence-electron chi connectivity index (χ4n) is 2.21. The van der Waals surface area contributed by atoms with Crippen LogP contribution in [0.3, 0.4) is 0 Å². The van der Waals surface area contributed by atoms with E-state index in [-0.39, 0.29) is 15.6 Å². The van der Waals surface area contributed by atoms with Crippen molar-refractivity contribution >= 4 is 38.8 Å². The van der Waals surface area contributed by atoms with Gasteiger partial charge in [0.1, 0.15) is 11.6 Å². The largest absolute Gasteiger partial charge is 0.464 e. The molecule has 0 unspecified atom stereocenters. The highest BCUT2D eigenvalue weighted by atomic mass is 32.2. The molecule has 0 atom stereocenters. The summed E-state index contributed by atoms with van der Waals surface area (Å²) in [5.41, 5.74) is 6.19. The Hall–Kier alpha value is -2.03. The zero-order valence-electron chi connectivity index (χ0n) is 12.6. The van der Waals surface area contributed by atoms with Gasteiger partial charge in [-0.3, -0.25) is 5.41 Å². The van der Waals surface area contributed by atoms with Crippen LogP contribution in [0.25, 0.3) is 11.3 Å². The number of furan rings is 1. The van der Waals surface area contributed by atoms with Crippen LogP contribution in [0, 0.1) is 5.41 Å². The lowest BCUT2D eigenvalue weighted by Crippen LogP contribution is -2.08. The molecule has 5 nitrogen and oxygen atoms in total. The van der Waals surface area contributed by atoms with E-state index in [0.717, 1.165) is 0 Å². The summed E-state index contributed by atoms with van der Waals surface area (Å²) in [5, 5.41) is 7.53. The Bertz CT molecular complexity index is 990. The minimum absolute atomic E-state index is 0.138. The Kier molecular flexibility index (Phi) is 4.53. The lowest BCUT2D eigenvalue weighted by molar-refractivity contribution is 0.582. The Morgan fingerprint density at radius 2 is 2.04 bits per heavy atom. The van der Waals surface area contributed by atoms with Crippen molar-refractivity contribution in [3.05, 3.63) is 53.6 Å². The van der Waals surface area contributed by atoms with E-state index in [0.29, 0.717) is 20.4 Å². The first-order chi connectivity index (χ1) is 11.4. The summed E-state index contributed by atoms with van der Waals surface area (Å²) in [7, 11) is -3.71. The highest BCUT2D eigenvalue weighted by Gasteiger charge is 2.25. The van der Waals surface area contributed by atoms with Crippen molar-refractivity contribution in [1.29, 1.82) is 5.41 Å². The molecule has 0 aliphatic heterocycles. The Balaban J connectivity index is 2.12. The molecule has 124 valence electrons. The molecule has 2 heterocycles. The van der Waals surface area contributed by atoms with Crippen molar-refractivity contribution < 1.29 is 12.8 Å². The summed E-state index contributed by atoms with van der Waals surface area (Å²) in [4.78, 5) is 0.807. The molecule has 3 N–H and O–H groups in total. The van der Waals surface area contributed by atoms with Gasteiger partial charge in [-0.1, -0.05) is 12.1 Å². The summed E-state index contributed by atoms with van der Waals surface area (Å²) in [6.45, 7) is 0. The maximum Gasteiger partial charge on any atom is 0.208 e. The Morgan fingerprint density at radius 1 is 1.25 bits per heavy atom. The molecule has 3 rings (SSSR count). The number of nitrogen functional groups attached to an aromatic ring is 1. The first kappa shape index (κ1) is 16.8. The van der Waals surface area contributed by atoms with Crippen molar-refractivity contribution in [2.45, 2.75) is 14.0 Å². The second kappa shape index (κ2) is 6.46. The third-order valence-electron chi connectivity index (χ3n) is 3.36. The van der Waals surface area contributed by atoms with E-state index >= 15 is 0 Å². The van der Waals surface area contributed by atoms with Gasteiger partial charge in [0.25, 0.3) is 0 Å². The molecule has 0 saturated heterocycles. The van der Waals surface area contributed by atoms with Crippen LogP contribution in [0.4, 0.5) is 0 Å². The summed E-state index contributed by atoms with van der Waals surface area (Å²) in [5.74, 6) is 0.466. The number of thioether (sulfide) groups is 1. The van der Waals surface area contributed by atoms with Crippen molar-refractivity contribution in [2.24, 2.45) is 5.73 Å². The van der Waals surface area contributed by atoms with Crippen molar-refractivity contribution in [3.8, 4) is 11.3 Å². The highest BCUT2D eigenvalue weighted by molar-refractivity contribution is 8.01. The molecule has 3 aromatic rings. The molecule has 1 aromatic carbocycles. The van der Waals surface area contributed by atoms with Gasteiger partial charge in [0, 0.05) is 5.56 Å². The molecule has 0 spiro atoms. The van der Waals surface area contributed by atoms with E-state index in [1.807, 2.05) is 0 Å². The first-order valence-corrected chi connectivity index (χ1v) is 10.4. The molecule has 8 heteroatoms. The summed E-state index contributed by atoms with van der Waals surface area (Å²) < 4.78 is 32.0.